The summed E-state index contributed by atoms with van der Waals surface area (Å²) in [7, 11) is -4.06. The Kier molecular flexibility index (Phi) is 10.4. The topological polar surface area (TPSA) is 111 Å². The van der Waals surface area contributed by atoms with E-state index < -0.39 is 21.7 Å². The molecule has 0 bridgehead atoms. The number of nitrogens with one attached hydrogen (secondary N) is 2. The number of carbonyl (C=O) groups is 2. The standard InChI is InChI=1S/C31H35ClFN5O5S/c32-26-21-24(33)9-12-28(26)43-29-6-2-1-5-27(29)35-44(41,42)25-10-7-23(8-11-25)31(40)34-22-30(39)38-19-17-37(18-20-38)16-15-36-13-3-4-14-36/h1-2,5-12,21,35H,3-4,13-20,22H2,(H,34,40). The molecule has 3 aromatic carbocycles. The highest BCUT2D eigenvalue weighted by Gasteiger charge is 2.23. The van der Waals surface area contributed by atoms with Crippen molar-refractivity contribution in [1.29, 1.82) is 0 Å². The monoisotopic (exact) mass is 643 g/mol. The lowest BCUT2D eigenvalue weighted by atomic mass is 10.2. The molecule has 2 heterocycles. The van der Waals surface area contributed by atoms with Gasteiger partial charge in [-0.25, -0.2) is 12.8 Å². The normalized spacial score (nSPS) is 16.1. The van der Waals surface area contributed by atoms with Gasteiger partial charge < -0.3 is 19.9 Å². The number of piperazine rings is 1. The Balaban J connectivity index is 1.11. The molecular weight excluding hydrogens is 609 g/mol. The highest BCUT2D eigenvalue weighted by molar-refractivity contribution is 7.92. The molecule has 2 aliphatic rings. The second kappa shape index (κ2) is 14.4. The van der Waals surface area contributed by atoms with Crippen LogP contribution in [0.15, 0.2) is 71.6 Å². The quantitative estimate of drug-likeness (QED) is 0.325. The largest absolute Gasteiger partial charge is 0.454 e. The molecule has 5 rings (SSSR count). The van der Waals surface area contributed by atoms with E-state index in [9.17, 15) is 22.4 Å². The van der Waals surface area contributed by atoms with Crippen molar-refractivity contribution in [2.75, 3.05) is 63.6 Å². The van der Waals surface area contributed by atoms with Gasteiger partial charge in [0.2, 0.25) is 5.91 Å². The summed E-state index contributed by atoms with van der Waals surface area (Å²) < 4.78 is 47.9. The fourth-order valence-electron chi connectivity index (χ4n) is 5.19. The van der Waals surface area contributed by atoms with Gasteiger partial charge in [-0.15, -0.1) is 0 Å². The zero-order valence-corrected chi connectivity index (χ0v) is 25.7. The summed E-state index contributed by atoms with van der Waals surface area (Å²) >= 11 is 6.05. The van der Waals surface area contributed by atoms with E-state index in [0.717, 1.165) is 32.2 Å². The van der Waals surface area contributed by atoms with Crippen LogP contribution in [0.25, 0.3) is 0 Å². The van der Waals surface area contributed by atoms with Crippen molar-refractivity contribution in [1.82, 2.24) is 20.0 Å². The average molecular weight is 644 g/mol. The number of hydrogen-bond acceptors (Lipinski definition) is 7. The number of para-hydroxylation sites is 2. The van der Waals surface area contributed by atoms with Gasteiger partial charge in [0.15, 0.2) is 5.75 Å². The predicted octanol–water partition coefficient (Wildman–Crippen LogP) is 4.04. The molecule has 0 radical (unpaired) electrons. The van der Waals surface area contributed by atoms with E-state index in [4.69, 9.17) is 16.3 Å². The molecule has 2 fully saturated rings. The van der Waals surface area contributed by atoms with Gasteiger partial charge in [0.25, 0.3) is 15.9 Å². The average Bonchev–Trinajstić information content (AvgIpc) is 3.55. The first-order valence-corrected chi connectivity index (χ1v) is 16.4. The van der Waals surface area contributed by atoms with Crippen molar-refractivity contribution in [3.63, 3.8) is 0 Å². The van der Waals surface area contributed by atoms with E-state index >= 15 is 0 Å². The summed E-state index contributed by atoms with van der Waals surface area (Å²) in [6.45, 7) is 7.16. The van der Waals surface area contributed by atoms with Crippen LogP contribution < -0.4 is 14.8 Å². The third-order valence-electron chi connectivity index (χ3n) is 7.73. The van der Waals surface area contributed by atoms with Gasteiger partial charge in [0, 0.05) is 44.8 Å². The number of sulfonamides is 1. The van der Waals surface area contributed by atoms with Crippen LogP contribution in [0.1, 0.15) is 23.2 Å². The predicted molar refractivity (Wildman–Crippen MR) is 166 cm³/mol. The Morgan fingerprint density at radius 3 is 2.18 bits per heavy atom. The van der Waals surface area contributed by atoms with Gasteiger partial charge in [-0.05, 0) is 80.5 Å². The molecule has 2 aliphatic heterocycles. The number of ether oxygens (including phenoxy) is 1. The molecule has 0 atom stereocenters. The molecule has 2 saturated heterocycles. The molecule has 0 unspecified atom stereocenters. The summed E-state index contributed by atoms with van der Waals surface area (Å²) in [5.41, 5.74) is 0.360. The maximum Gasteiger partial charge on any atom is 0.262 e. The molecule has 0 spiro atoms. The smallest absolute Gasteiger partial charge is 0.262 e. The van der Waals surface area contributed by atoms with Crippen LogP contribution >= 0.6 is 11.6 Å². The molecule has 44 heavy (non-hydrogen) atoms. The number of anilines is 1. The summed E-state index contributed by atoms with van der Waals surface area (Å²) in [5, 5.41) is 2.67. The van der Waals surface area contributed by atoms with Crippen molar-refractivity contribution in [3.8, 4) is 11.5 Å². The lowest BCUT2D eigenvalue weighted by molar-refractivity contribution is -0.131. The zero-order valence-electron chi connectivity index (χ0n) is 24.2. The third-order valence-corrected chi connectivity index (χ3v) is 9.41. The second-order valence-electron chi connectivity index (χ2n) is 10.8. The van der Waals surface area contributed by atoms with Gasteiger partial charge in [-0.3, -0.25) is 19.2 Å². The maximum absolute atomic E-state index is 13.4. The van der Waals surface area contributed by atoms with Crippen molar-refractivity contribution in [3.05, 3.63) is 83.1 Å². The fraction of sp³-hybridized carbons (Fsp3) is 0.355. The Morgan fingerprint density at radius 1 is 0.841 bits per heavy atom. The Hall–Kier alpha value is -3.71. The third kappa shape index (κ3) is 8.26. The second-order valence-corrected chi connectivity index (χ2v) is 12.8. The van der Waals surface area contributed by atoms with Crippen LogP contribution in [0.2, 0.25) is 5.02 Å². The lowest BCUT2D eigenvalue weighted by Crippen LogP contribution is -2.52. The first-order valence-electron chi connectivity index (χ1n) is 14.5. The van der Waals surface area contributed by atoms with Gasteiger partial charge >= 0.3 is 0 Å². The number of hydrogen-bond donors (Lipinski definition) is 2. The Bertz CT molecular complexity index is 1580. The molecule has 2 amide bonds. The number of likely N-dealkylation sites (tertiary alicyclic amines) is 1. The Morgan fingerprint density at radius 2 is 1.50 bits per heavy atom. The molecule has 3 aromatic rings. The lowest BCUT2D eigenvalue weighted by Gasteiger charge is -2.35. The number of rotatable bonds is 11. The molecule has 234 valence electrons. The summed E-state index contributed by atoms with van der Waals surface area (Å²) in [4.78, 5) is 31.9. The minimum atomic E-state index is -4.06. The minimum absolute atomic E-state index is 0.0316. The summed E-state index contributed by atoms with van der Waals surface area (Å²) in [5.74, 6) is -0.840. The molecule has 10 nitrogen and oxygen atoms in total. The molecule has 0 saturated carbocycles. The van der Waals surface area contributed by atoms with Gasteiger partial charge in [-0.1, -0.05) is 23.7 Å². The first-order chi connectivity index (χ1) is 21.2. The fourth-order valence-corrected chi connectivity index (χ4v) is 6.46. The summed E-state index contributed by atoms with van der Waals surface area (Å²) in [6, 6.07) is 15.3. The van der Waals surface area contributed by atoms with Gasteiger partial charge in [0.1, 0.15) is 11.6 Å². The van der Waals surface area contributed by atoms with Crippen molar-refractivity contribution < 1.29 is 27.1 Å². The minimum Gasteiger partial charge on any atom is -0.454 e. The molecule has 0 aliphatic carbocycles. The number of nitrogens with zero attached hydrogens (tertiary/aromatic N) is 3. The SMILES string of the molecule is O=C(NCC(=O)N1CCN(CCN2CCCC2)CC1)c1ccc(S(=O)(=O)Nc2ccccc2Oc2ccc(F)cc2Cl)cc1. The van der Waals surface area contributed by atoms with Gasteiger partial charge in [0.05, 0.1) is 22.2 Å². The van der Waals surface area contributed by atoms with Crippen LogP contribution in [0.3, 0.4) is 0 Å². The van der Waals surface area contributed by atoms with Crippen LogP contribution in [-0.4, -0.2) is 93.8 Å². The Labute approximate surface area is 261 Å². The zero-order chi connectivity index (χ0) is 31.1. The van der Waals surface area contributed by atoms with Gasteiger partial charge in [-0.2, -0.15) is 0 Å². The molecule has 13 heteroatoms. The highest BCUT2D eigenvalue weighted by Crippen LogP contribution is 2.35. The molecular formula is C31H35ClFN5O5S. The number of amides is 2. The number of benzene rings is 3. The van der Waals surface area contributed by atoms with E-state index in [1.807, 2.05) is 0 Å². The van der Waals surface area contributed by atoms with Crippen molar-refractivity contribution >= 4 is 39.1 Å². The van der Waals surface area contributed by atoms with Crippen LogP contribution in [0.5, 0.6) is 11.5 Å². The van der Waals surface area contributed by atoms with E-state index in [0.29, 0.717) is 13.1 Å². The highest BCUT2D eigenvalue weighted by atomic mass is 35.5. The maximum atomic E-state index is 13.4. The number of halogens is 2. The van der Waals surface area contributed by atoms with Crippen molar-refractivity contribution in [2.24, 2.45) is 0 Å². The van der Waals surface area contributed by atoms with Crippen LogP contribution in [-0.2, 0) is 14.8 Å². The summed E-state index contributed by atoms with van der Waals surface area (Å²) in [6.07, 6.45) is 2.55. The molecule has 0 aromatic heterocycles. The van der Waals surface area contributed by atoms with E-state index in [2.05, 4.69) is 19.8 Å². The van der Waals surface area contributed by atoms with E-state index in [-0.39, 0.29) is 45.1 Å². The number of carbonyl (C=O) groups excluding carboxylic acids is 2. The molecule has 2 N–H and O–H groups in total. The first kappa shape index (κ1) is 31.7. The van der Waals surface area contributed by atoms with Crippen molar-refractivity contribution in [2.45, 2.75) is 17.7 Å². The van der Waals surface area contributed by atoms with Crippen LogP contribution in [0, 0.1) is 5.82 Å². The van der Waals surface area contributed by atoms with E-state index in [1.165, 1.54) is 68.4 Å². The van der Waals surface area contributed by atoms with E-state index in [1.54, 1.807) is 23.1 Å². The van der Waals surface area contributed by atoms with Crippen LogP contribution in [0.4, 0.5) is 10.1 Å².